The van der Waals surface area contributed by atoms with Crippen molar-refractivity contribution in [2.45, 2.75) is 24.8 Å². The van der Waals surface area contributed by atoms with Gasteiger partial charge in [0.25, 0.3) is 0 Å². The molecule has 154 valence electrons. The van der Waals surface area contributed by atoms with Crippen LogP contribution in [-0.4, -0.2) is 25.5 Å². The first-order chi connectivity index (χ1) is 14.3. The number of aliphatic carboxylic acids is 1. The molecule has 3 aromatic carbocycles. The van der Waals surface area contributed by atoms with Crippen LogP contribution in [0.1, 0.15) is 13.8 Å². The molecule has 0 radical (unpaired) electrons. The lowest BCUT2D eigenvalue weighted by Gasteiger charge is -2.17. The van der Waals surface area contributed by atoms with Crippen LogP contribution in [0, 0.1) is 5.92 Å². The summed E-state index contributed by atoms with van der Waals surface area (Å²) in [5.74, 6) is -1.61. The molecule has 0 aliphatic rings. The number of nitrogens with one attached hydrogen (secondary N) is 1. The maximum Gasteiger partial charge on any atom is 0.322 e. The van der Waals surface area contributed by atoms with E-state index in [1.54, 1.807) is 19.9 Å². The van der Waals surface area contributed by atoms with E-state index in [4.69, 9.17) is 4.42 Å². The van der Waals surface area contributed by atoms with E-state index >= 15 is 0 Å². The van der Waals surface area contributed by atoms with Crippen molar-refractivity contribution in [3.05, 3.63) is 66.7 Å². The number of fused-ring (bicyclic) bond motifs is 3. The number of benzene rings is 3. The lowest BCUT2D eigenvalue weighted by molar-refractivity contribution is -0.140. The first-order valence-electron chi connectivity index (χ1n) is 9.53. The third kappa shape index (κ3) is 3.69. The molecule has 0 spiro atoms. The number of carboxylic acids is 1. The molecule has 0 fully saturated rings. The topological polar surface area (TPSA) is 96.6 Å². The maximum atomic E-state index is 12.8. The van der Waals surface area contributed by atoms with Crippen LogP contribution < -0.4 is 4.72 Å². The molecule has 0 unspecified atom stereocenters. The molecule has 0 amide bonds. The lowest BCUT2D eigenvalue weighted by Crippen LogP contribution is -2.44. The van der Waals surface area contributed by atoms with Crippen molar-refractivity contribution in [3.8, 4) is 11.1 Å². The normalized spacial score (nSPS) is 13.2. The Bertz CT molecular complexity index is 1340. The molecule has 0 saturated heterocycles. The van der Waals surface area contributed by atoms with Crippen LogP contribution >= 0.6 is 0 Å². The number of carbonyl (C=O) groups is 1. The highest BCUT2D eigenvalue weighted by Gasteiger charge is 2.28. The highest BCUT2D eigenvalue weighted by atomic mass is 32.2. The van der Waals surface area contributed by atoms with Gasteiger partial charge in [0.05, 0.1) is 4.90 Å². The summed E-state index contributed by atoms with van der Waals surface area (Å²) in [6.45, 7) is 3.30. The van der Waals surface area contributed by atoms with Crippen LogP contribution in [-0.2, 0) is 14.8 Å². The molecule has 1 atom stereocenters. The van der Waals surface area contributed by atoms with E-state index in [1.165, 1.54) is 12.1 Å². The second-order valence-corrected chi connectivity index (χ2v) is 9.23. The molecular formula is C23H21NO5S. The zero-order valence-corrected chi connectivity index (χ0v) is 17.3. The Kier molecular flexibility index (Phi) is 5.09. The second kappa shape index (κ2) is 7.59. The van der Waals surface area contributed by atoms with Gasteiger partial charge in [0.2, 0.25) is 10.0 Å². The minimum absolute atomic E-state index is 0.00302. The Hall–Kier alpha value is -3.16. The van der Waals surface area contributed by atoms with E-state index in [0.29, 0.717) is 16.6 Å². The summed E-state index contributed by atoms with van der Waals surface area (Å²) in [4.78, 5) is 11.4. The molecule has 2 N–H and O–H groups in total. The van der Waals surface area contributed by atoms with Gasteiger partial charge in [-0.05, 0) is 47.4 Å². The van der Waals surface area contributed by atoms with Crippen LogP contribution in [0.2, 0.25) is 0 Å². The third-order valence-corrected chi connectivity index (χ3v) is 6.51. The molecule has 0 saturated carbocycles. The van der Waals surface area contributed by atoms with E-state index in [2.05, 4.69) is 4.72 Å². The smallest absolute Gasteiger partial charge is 0.322 e. The molecule has 7 heteroatoms. The van der Waals surface area contributed by atoms with Crippen molar-refractivity contribution < 1.29 is 22.7 Å². The van der Waals surface area contributed by atoms with Crippen molar-refractivity contribution in [1.82, 2.24) is 4.72 Å². The highest BCUT2D eigenvalue weighted by Crippen LogP contribution is 2.33. The molecule has 30 heavy (non-hydrogen) atoms. The Morgan fingerprint density at radius 2 is 1.63 bits per heavy atom. The minimum Gasteiger partial charge on any atom is -0.480 e. The molecule has 6 nitrogen and oxygen atoms in total. The standard InChI is InChI=1S/C23H21NO5S/c1-14(2)22(23(25)26)24-30(27,28)17-9-11-20-19(13-17)18-10-8-16(12-21(18)29-20)15-6-4-3-5-7-15/h3-14,22,24H,1-2H3,(H,25,26)/t22-/m0/s1. The fourth-order valence-corrected chi connectivity index (χ4v) is 4.80. The summed E-state index contributed by atoms with van der Waals surface area (Å²) in [5, 5.41) is 10.8. The zero-order valence-electron chi connectivity index (χ0n) is 16.5. The molecule has 0 aliphatic heterocycles. The predicted octanol–water partition coefficient (Wildman–Crippen LogP) is 4.64. The molecular weight excluding hydrogens is 402 g/mol. The average Bonchev–Trinajstić information content (AvgIpc) is 3.09. The molecule has 4 aromatic rings. The zero-order chi connectivity index (χ0) is 21.5. The summed E-state index contributed by atoms with van der Waals surface area (Å²) < 4.78 is 33.8. The van der Waals surface area contributed by atoms with Crippen molar-refractivity contribution >= 4 is 37.9 Å². The Balaban J connectivity index is 1.77. The summed E-state index contributed by atoms with van der Waals surface area (Å²) in [7, 11) is -4.01. The summed E-state index contributed by atoms with van der Waals surface area (Å²) in [6, 6.07) is 19.0. The molecule has 4 rings (SSSR count). The number of sulfonamides is 1. The predicted molar refractivity (Wildman–Crippen MR) is 116 cm³/mol. The fourth-order valence-electron chi connectivity index (χ4n) is 3.44. The SMILES string of the molecule is CC(C)[C@H](NS(=O)(=O)c1ccc2oc3cc(-c4ccccc4)ccc3c2c1)C(=O)O. The van der Waals surface area contributed by atoms with Crippen LogP contribution in [0.4, 0.5) is 0 Å². The van der Waals surface area contributed by atoms with Crippen LogP contribution in [0.25, 0.3) is 33.1 Å². The van der Waals surface area contributed by atoms with E-state index in [0.717, 1.165) is 16.5 Å². The summed E-state index contributed by atoms with van der Waals surface area (Å²) in [5.41, 5.74) is 3.27. The van der Waals surface area contributed by atoms with Crippen molar-refractivity contribution in [3.63, 3.8) is 0 Å². The van der Waals surface area contributed by atoms with Crippen molar-refractivity contribution in [1.29, 1.82) is 0 Å². The monoisotopic (exact) mass is 423 g/mol. The second-order valence-electron chi connectivity index (χ2n) is 7.52. The van der Waals surface area contributed by atoms with E-state index in [-0.39, 0.29) is 4.90 Å². The number of carboxylic acid groups (broad SMARTS) is 1. The van der Waals surface area contributed by atoms with Gasteiger partial charge >= 0.3 is 5.97 Å². The van der Waals surface area contributed by atoms with Gasteiger partial charge in [0.1, 0.15) is 17.2 Å². The molecule has 1 heterocycles. The van der Waals surface area contributed by atoms with E-state index in [1.807, 2.05) is 48.5 Å². The summed E-state index contributed by atoms with van der Waals surface area (Å²) in [6.07, 6.45) is 0. The number of hydrogen-bond donors (Lipinski definition) is 2. The Morgan fingerprint density at radius 1 is 0.900 bits per heavy atom. The summed E-state index contributed by atoms with van der Waals surface area (Å²) >= 11 is 0. The largest absolute Gasteiger partial charge is 0.480 e. The van der Waals surface area contributed by atoms with E-state index in [9.17, 15) is 18.3 Å². The van der Waals surface area contributed by atoms with Gasteiger partial charge in [0.15, 0.2) is 0 Å². The highest BCUT2D eigenvalue weighted by molar-refractivity contribution is 7.89. The molecule has 1 aromatic heterocycles. The number of furan rings is 1. The first-order valence-corrected chi connectivity index (χ1v) is 11.0. The quantitative estimate of drug-likeness (QED) is 0.471. The average molecular weight is 423 g/mol. The Labute approximate surface area is 174 Å². The van der Waals surface area contributed by atoms with E-state index < -0.39 is 28.0 Å². The third-order valence-electron chi connectivity index (χ3n) is 5.07. The van der Waals surface area contributed by atoms with Gasteiger partial charge < -0.3 is 9.52 Å². The van der Waals surface area contributed by atoms with Gasteiger partial charge in [-0.15, -0.1) is 0 Å². The van der Waals surface area contributed by atoms with Gasteiger partial charge in [-0.25, -0.2) is 8.42 Å². The first kappa shape index (κ1) is 20.1. The van der Waals surface area contributed by atoms with Crippen molar-refractivity contribution in [2.24, 2.45) is 5.92 Å². The number of rotatable bonds is 6. The van der Waals surface area contributed by atoms with Crippen LogP contribution in [0.15, 0.2) is 76.0 Å². The molecule has 0 aliphatic carbocycles. The Morgan fingerprint density at radius 3 is 2.30 bits per heavy atom. The van der Waals surface area contributed by atoms with Gasteiger partial charge in [-0.3, -0.25) is 4.79 Å². The number of hydrogen-bond acceptors (Lipinski definition) is 4. The lowest BCUT2D eigenvalue weighted by atomic mass is 10.0. The van der Waals surface area contributed by atoms with Crippen LogP contribution in [0.5, 0.6) is 0 Å². The van der Waals surface area contributed by atoms with Gasteiger partial charge in [-0.2, -0.15) is 4.72 Å². The van der Waals surface area contributed by atoms with Crippen LogP contribution in [0.3, 0.4) is 0 Å². The van der Waals surface area contributed by atoms with Gasteiger partial charge in [-0.1, -0.05) is 50.2 Å². The van der Waals surface area contributed by atoms with Gasteiger partial charge in [0, 0.05) is 10.8 Å². The minimum atomic E-state index is -4.01. The molecule has 0 bridgehead atoms. The fraction of sp³-hybridized carbons (Fsp3) is 0.174. The van der Waals surface area contributed by atoms with Crippen molar-refractivity contribution in [2.75, 3.05) is 0 Å². The maximum absolute atomic E-state index is 12.8.